The fourth-order valence-electron chi connectivity index (χ4n) is 1.29. The van der Waals surface area contributed by atoms with Crippen molar-refractivity contribution in [2.45, 2.75) is 30.8 Å². The second-order valence-corrected chi connectivity index (χ2v) is 6.83. The number of hydrogen-bond donors (Lipinski definition) is 2. The molecule has 0 unspecified atom stereocenters. The van der Waals surface area contributed by atoms with E-state index in [1.54, 1.807) is 13.8 Å². The van der Waals surface area contributed by atoms with Crippen molar-refractivity contribution in [2.24, 2.45) is 5.73 Å². The second kappa shape index (κ2) is 5.03. The van der Waals surface area contributed by atoms with E-state index in [0.717, 1.165) is 6.26 Å². The van der Waals surface area contributed by atoms with Crippen molar-refractivity contribution >= 4 is 21.4 Å². The molecular weight excluding hydrogens is 254 g/mol. The largest absolute Gasteiger partial charge is 0.325 e. The van der Waals surface area contributed by atoms with Crippen LogP contribution >= 0.6 is 0 Å². The summed E-state index contributed by atoms with van der Waals surface area (Å²) < 4.78 is 22.4. The smallest absolute Gasteiger partial charge is 0.226 e. The van der Waals surface area contributed by atoms with Gasteiger partial charge < -0.3 is 11.1 Å². The molecule has 1 heterocycles. The van der Waals surface area contributed by atoms with Crippen molar-refractivity contribution < 1.29 is 13.2 Å². The number of amides is 1. The Morgan fingerprint density at radius 2 is 2.06 bits per heavy atom. The molecule has 6 nitrogen and oxygen atoms in total. The number of sulfone groups is 1. The molecule has 0 atom stereocenters. The first kappa shape index (κ1) is 14.6. The Labute approximate surface area is 107 Å². The number of nitrogens with zero attached hydrogens (tertiary/aromatic N) is 1. The van der Waals surface area contributed by atoms with Crippen LogP contribution in [-0.2, 0) is 14.6 Å². The summed E-state index contributed by atoms with van der Waals surface area (Å²) >= 11 is 0. The van der Waals surface area contributed by atoms with E-state index >= 15 is 0 Å². The Morgan fingerprint density at radius 1 is 1.44 bits per heavy atom. The molecule has 0 aliphatic heterocycles. The van der Waals surface area contributed by atoms with Crippen LogP contribution in [0, 0.1) is 0 Å². The molecule has 0 spiro atoms. The summed E-state index contributed by atoms with van der Waals surface area (Å²) in [6.07, 6.45) is 2.54. The van der Waals surface area contributed by atoms with Gasteiger partial charge in [-0.1, -0.05) is 0 Å². The average Bonchev–Trinajstić information content (AvgIpc) is 2.13. The molecule has 1 rings (SSSR count). The van der Waals surface area contributed by atoms with Crippen molar-refractivity contribution in [3.63, 3.8) is 0 Å². The van der Waals surface area contributed by atoms with Gasteiger partial charge in [-0.05, 0) is 26.0 Å². The maximum Gasteiger partial charge on any atom is 0.226 e. The first-order chi connectivity index (χ1) is 8.08. The van der Waals surface area contributed by atoms with E-state index in [1.807, 2.05) is 0 Å². The molecule has 0 aliphatic rings. The number of carbonyl (C=O) groups is 1. The average molecular weight is 271 g/mol. The van der Waals surface area contributed by atoms with Crippen LogP contribution in [0.5, 0.6) is 0 Å². The highest BCUT2D eigenvalue weighted by atomic mass is 32.2. The van der Waals surface area contributed by atoms with E-state index in [-0.39, 0.29) is 17.4 Å². The van der Waals surface area contributed by atoms with Gasteiger partial charge in [0.15, 0.2) is 14.9 Å². The highest BCUT2D eigenvalue weighted by Crippen LogP contribution is 2.12. The molecule has 0 fully saturated rings. The maximum absolute atomic E-state index is 11.6. The number of aromatic nitrogens is 1. The summed E-state index contributed by atoms with van der Waals surface area (Å²) in [6.45, 7) is 3.50. The van der Waals surface area contributed by atoms with Gasteiger partial charge in [0.05, 0.1) is 11.9 Å². The van der Waals surface area contributed by atoms with Gasteiger partial charge in [-0.3, -0.25) is 4.79 Å². The van der Waals surface area contributed by atoms with Crippen LogP contribution in [0.3, 0.4) is 0 Å². The van der Waals surface area contributed by atoms with Crippen LogP contribution in [-0.4, -0.2) is 31.1 Å². The summed E-state index contributed by atoms with van der Waals surface area (Å²) in [7, 11) is -3.32. The Morgan fingerprint density at radius 3 is 2.44 bits per heavy atom. The van der Waals surface area contributed by atoms with Gasteiger partial charge in [0, 0.05) is 18.2 Å². The third-order valence-corrected chi connectivity index (χ3v) is 3.02. The highest BCUT2D eigenvalue weighted by Gasteiger charge is 2.16. The lowest BCUT2D eigenvalue weighted by Gasteiger charge is -2.17. The van der Waals surface area contributed by atoms with E-state index in [4.69, 9.17) is 5.73 Å². The molecule has 1 aromatic rings. The summed E-state index contributed by atoms with van der Waals surface area (Å²) in [5.41, 5.74) is 5.56. The fourth-order valence-corrected chi connectivity index (χ4v) is 1.85. The van der Waals surface area contributed by atoms with Gasteiger partial charge in [-0.25, -0.2) is 13.4 Å². The number of nitrogens with one attached hydrogen (secondary N) is 1. The molecule has 0 aromatic carbocycles. The molecule has 0 radical (unpaired) electrons. The summed E-state index contributed by atoms with van der Waals surface area (Å²) in [6, 6.07) is 2.84. The third-order valence-electron chi connectivity index (χ3n) is 2.02. The van der Waals surface area contributed by atoms with Crippen LogP contribution in [0.4, 0.5) is 5.69 Å². The quantitative estimate of drug-likeness (QED) is 0.832. The predicted octanol–water partition coefficient (Wildman–Crippen LogP) is 0.551. The van der Waals surface area contributed by atoms with E-state index in [9.17, 15) is 13.2 Å². The van der Waals surface area contributed by atoms with Gasteiger partial charge in [-0.15, -0.1) is 0 Å². The second-order valence-electron chi connectivity index (χ2n) is 4.87. The lowest BCUT2D eigenvalue weighted by Crippen LogP contribution is -2.36. The van der Waals surface area contributed by atoms with Crippen molar-refractivity contribution in [3.05, 3.63) is 18.3 Å². The number of nitrogens with two attached hydrogens (primary N) is 1. The fraction of sp³-hybridized carbons (Fsp3) is 0.455. The molecule has 0 saturated carbocycles. The summed E-state index contributed by atoms with van der Waals surface area (Å²) in [5, 5.41) is 2.57. The first-order valence-electron chi connectivity index (χ1n) is 5.33. The Bertz CT molecular complexity index is 530. The van der Waals surface area contributed by atoms with Crippen LogP contribution in [0.25, 0.3) is 0 Å². The molecule has 0 saturated heterocycles. The summed E-state index contributed by atoms with van der Waals surface area (Å²) in [4.78, 5) is 15.3. The number of hydrogen-bond acceptors (Lipinski definition) is 5. The lowest BCUT2D eigenvalue weighted by atomic mass is 10.0. The zero-order valence-electron chi connectivity index (χ0n) is 10.6. The minimum Gasteiger partial charge on any atom is -0.325 e. The van der Waals surface area contributed by atoms with Crippen LogP contribution < -0.4 is 11.1 Å². The standard InChI is InChI=1S/C11H17N3O3S/c1-11(2,12)6-9(15)14-8-4-5-10(13-7-8)18(3,16)17/h4-5,7H,6,12H2,1-3H3,(H,14,15). The van der Waals surface area contributed by atoms with E-state index in [1.165, 1.54) is 18.3 Å². The van der Waals surface area contributed by atoms with E-state index in [2.05, 4.69) is 10.3 Å². The number of anilines is 1. The first-order valence-corrected chi connectivity index (χ1v) is 7.22. The Balaban J connectivity index is 2.73. The van der Waals surface area contributed by atoms with Crippen molar-refractivity contribution in [3.8, 4) is 0 Å². The van der Waals surface area contributed by atoms with Gasteiger partial charge in [0.25, 0.3) is 0 Å². The lowest BCUT2D eigenvalue weighted by molar-refractivity contribution is -0.117. The molecule has 100 valence electrons. The van der Waals surface area contributed by atoms with Crippen LogP contribution in [0.15, 0.2) is 23.4 Å². The molecule has 7 heteroatoms. The van der Waals surface area contributed by atoms with Gasteiger partial charge in [0.2, 0.25) is 5.91 Å². The van der Waals surface area contributed by atoms with Gasteiger partial charge in [0.1, 0.15) is 0 Å². The van der Waals surface area contributed by atoms with E-state index in [0.29, 0.717) is 5.69 Å². The predicted molar refractivity (Wildman–Crippen MR) is 68.9 cm³/mol. The maximum atomic E-state index is 11.6. The number of carbonyl (C=O) groups excluding carboxylic acids is 1. The third kappa shape index (κ3) is 4.80. The minimum atomic E-state index is -3.32. The molecule has 3 N–H and O–H groups in total. The monoisotopic (exact) mass is 271 g/mol. The van der Waals surface area contributed by atoms with Gasteiger partial charge >= 0.3 is 0 Å². The molecular formula is C11H17N3O3S. The Hall–Kier alpha value is -1.47. The topological polar surface area (TPSA) is 102 Å². The van der Waals surface area contributed by atoms with Crippen LogP contribution in [0.1, 0.15) is 20.3 Å². The van der Waals surface area contributed by atoms with Gasteiger partial charge in [-0.2, -0.15) is 0 Å². The zero-order valence-corrected chi connectivity index (χ0v) is 11.4. The molecule has 18 heavy (non-hydrogen) atoms. The molecule has 0 aliphatic carbocycles. The van der Waals surface area contributed by atoms with Crippen molar-refractivity contribution in [2.75, 3.05) is 11.6 Å². The number of pyridine rings is 1. The van der Waals surface area contributed by atoms with Crippen LogP contribution in [0.2, 0.25) is 0 Å². The van der Waals surface area contributed by atoms with Crippen molar-refractivity contribution in [1.82, 2.24) is 4.98 Å². The Kier molecular flexibility index (Phi) is 4.08. The molecule has 1 aromatic heterocycles. The highest BCUT2D eigenvalue weighted by molar-refractivity contribution is 7.90. The van der Waals surface area contributed by atoms with E-state index < -0.39 is 15.4 Å². The SMILES string of the molecule is CC(C)(N)CC(=O)Nc1ccc(S(C)(=O)=O)nc1. The summed E-state index contributed by atoms with van der Waals surface area (Å²) in [5.74, 6) is -0.239. The molecule has 1 amide bonds. The molecule has 0 bridgehead atoms. The normalized spacial score (nSPS) is 12.2. The zero-order chi connectivity index (χ0) is 14.0. The van der Waals surface area contributed by atoms with Crippen molar-refractivity contribution in [1.29, 1.82) is 0 Å². The number of rotatable bonds is 4. The minimum absolute atomic E-state index is 0.0281.